The first-order chi connectivity index (χ1) is 13.4. The topological polar surface area (TPSA) is 116 Å². The molecule has 1 unspecified atom stereocenters. The monoisotopic (exact) mass is 424 g/mol. The van der Waals surface area contributed by atoms with Crippen LogP contribution in [0.2, 0.25) is 0 Å². The van der Waals surface area contributed by atoms with Gasteiger partial charge in [0, 0.05) is 19.8 Å². The van der Waals surface area contributed by atoms with E-state index >= 15 is 0 Å². The second-order valence-electron chi connectivity index (χ2n) is 7.95. The van der Waals surface area contributed by atoms with E-state index in [9.17, 15) is 22.8 Å². The Hall–Kier alpha value is -2.46. The van der Waals surface area contributed by atoms with Crippen LogP contribution in [-0.2, 0) is 19.6 Å². The van der Waals surface area contributed by atoms with Crippen molar-refractivity contribution in [2.75, 3.05) is 26.0 Å². The molecule has 2 N–H and O–H groups in total. The Kier molecular flexibility index (Phi) is 6.69. The van der Waals surface area contributed by atoms with Crippen LogP contribution in [0.15, 0.2) is 29.2 Å². The molecule has 1 heterocycles. The predicted molar refractivity (Wildman–Crippen MR) is 109 cm³/mol. The molecule has 1 atom stereocenters. The third-order valence-electron chi connectivity index (χ3n) is 4.76. The standard InChI is InChI=1S/C19H28N4O5S/c1-13(2)9-10-19(3)17(25)23(18(26)21-19)12-16(24)20-14-7-6-8-15(11-14)29(27,28)22(4)5/h6-8,11,13H,9-10,12H2,1-5H3,(H,20,24)(H,21,26). The summed E-state index contributed by atoms with van der Waals surface area (Å²) in [6, 6.07) is 5.17. The van der Waals surface area contributed by atoms with Gasteiger partial charge in [-0.25, -0.2) is 17.5 Å². The number of sulfonamides is 1. The maximum Gasteiger partial charge on any atom is 0.325 e. The van der Waals surface area contributed by atoms with Crippen molar-refractivity contribution in [2.45, 2.75) is 44.0 Å². The van der Waals surface area contributed by atoms with E-state index in [0.717, 1.165) is 15.6 Å². The van der Waals surface area contributed by atoms with E-state index in [1.165, 1.54) is 38.4 Å². The Morgan fingerprint density at radius 2 is 1.93 bits per heavy atom. The van der Waals surface area contributed by atoms with E-state index in [1.807, 2.05) is 13.8 Å². The number of hydrogen-bond acceptors (Lipinski definition) is 5. The first-order valence-corrected chi connectivity index (χ1v) is 10.8. The van der Waals surface area contributed by atoms with Crippen molar-refractivity contribution < 1.29 is 22.8 Å². The Balaban J connectivity index is 2.08. The molecule has 10 heteroatoms. The highest BCUT2D eigenvalue weighted by atomic mass is 32.2. The SMILES string of the molecule is CC(C)CCC1(C)NC(=O)N(CC(=O)Nc2cccc(S(=O)(=O)N(C)C)c2)C1=O. The number of anilines is 1. The van der Waals surface area contributed by atoms with Crippen molar-refractivity contribution in [3.63, 3.8) is 0 Å². The summed E-state index contributed by atoms with van der Waals surface area (Å²) in [6.07, 6.45) is 1.24. The summed E-state index contributed by atoms with van der Waals surface area (Å²) in [5.41, 5.74) is -0.769. The van der Waals surface area contributed by atoms with Crippen molar-refractivity contribution in [3.8, 4) is 0 Å². The summed E-state index contributed by atoms with van der Waals surface area (Å²) < 4.78 is 25.5. The molecule has 0 saturated carbocycles. The molecule has 0 spiro atoms. The van der Waals surface area contributed by atoms with E-state index in [2.05, 4.69) is 10.6 Å². The average molecular weight is 425 g/mol. The van der Waals surface area contributed by atoms with Crippen LogP contribution in [0, 0.1) is 5.92 Å². The quantitative estimate of drug-likeness (QED) is 0.615. The number of rotatable bonds is 8. The predicted octanol–water partition coefficient (Wildman–Crippen LogP) is 1.62. The number of nitrogens with zero attached hydrogens (tertiary/aromatic N) is 2. The van der Waals surface area contributed by atoms with Crippen molar-refractivity contribution in [1.82, 2.24) is 14.5 Å². The maximum atomic E-state index is 12.7. The molecule has 1 aliphatic rings. The van der Waals surface area contributed by atoms with Gasteiger partial charge in [0.05, 0.1) is 4.90 Å². The fraction of sp³-hybridized carbons (Fsp3) is 0.526. The highest BCUT2D eigenvalue weighted by Crippen LogP contribution is 2.25. The van der Waals surface area contributed by atoms with Crippen LogP contribution < -0.4 is 10.6 Å². The lowest BCUT2D eigenvalue weighted by Crippen LogP contribution is -2.44. The minimum absolute atomic E-state index is 0.0246. The van der Waals surface area contributed by atoms with Gasteiger partial charge >= 0.3 is 6.03 Å². The molecule has 1 saturated heterocycles. The van der Waals surface area contributed by atoms with Gasteiger partial charge in [-0.1, -0.05) is 19.9 Å². The molecule has 0 aromatic heterocycles. The molecule has 1 aliphatic heterocycles. The van der Waals surface area contributed by atoms with Gasteiger partial charge in [0.2, 0.25) is 15.9 Å². The molecule has 160 valence electrons. The third kappa shape index (κ3) is 5.13. The Morgan fingerprint density at radius 3 is 2.52 bits per heavy atom. The largest absolute Gasteiger partial charge is 0.325 e. The lowest BCUT2D eigenvalue weighted by molar-refractivity contribution is -0.133. The fourth-order valence-corrected chi connectivity index (χ4v) is 3.87. The fourth-order valence-electron chi connectivity index (χ4n) is 2.93. The molecule has 4 amide bonds. The van der Waals surface area contributed by atoms with Gasteiger partial charge in [0.1, 0.15) is 12.1 Å². The summed E-state index contributed by atoms with van der Waals surface area (Å²) in [6.45, 7) is 5.26. The zero-order valence-electron chi connectivity index (χ0n) is 17.4. The third-order valence-corrected chi connectivity index (χ3v) is 6.58. The Morgan fingerprint density at radius 1 is 1.28 bits per heavy atom. The lowest BCUT2D eigenvalue weighted by Gasteiger charge is -2.22. The molecular weight excluding hydrogens is 396 g/mol. The van der Waals surface area contributed by atoms with Gasteiger partial charge < -0.3 is 10.6 Å². The van der Waals surface area contributed by atoms with Crippen LogP contribution >= 0.6 is 0 Å². The van der Waals surface area contributed by atoms with Gasteiger partial charge in [-0.2, -0.15) is 0 Å². The molecule has 0 bridgehead atoms. The van der Waals surface area contributed by atoms with Gasteiger partial charge in [0.25, 0.3) is 5.91 Å². The Bertz CT molecular complexity index is 913. The van der Waals surface area contributed by atoms with E-state index in [4.69, 9.17) is 0 Å². The number of hydrogen-bond donors (Lipinski definition) is 2. The molecule has 2 rings (SSSR count). The van der Waals surface area contributed by atoms with Crippen LogP contribution in [0.4, 0.5) is 10.5 Å². The average Bonchev–Trinajstić information content (AvgIpc) is 2.83. The Labute approximate surface area is 171 Å². The first-order valence-electron chi connectivity index (χ1n) is 9.33. The molecule has 0 aliphatic carbocycles. The van der Waals surface area contributed by atoms with Crippen molar-refractivity contribution in [2.24, 2.45) is 5.92 Å². The molecule has 29 heavy (non-hydrogen) atoms. The maximum absolute atomic E-state index is 12.7. The van der Waals surface area contributed by atoms with Crippen LogP contribution in [-0.4, -0.2) is 61.6 Å². The van der Waals surface area contributed by atoms with Gasteiger partial charge in [-0.15, -0.1) is 0 Å². The minimum Gasteiger partial charge on any atom is -0.324 e. The number of carbonyl (C=O) groups is 3. The van der Waals surface area contributed by atoms with Crippen LogP contribution in [0.25, 0.3) is 0 Å². The van der Waals surface area contributed by atoms with Crippen LogP contribution in [0.5, 0.6) is 0 Å². The van der Waals surface area contributed by atoms with Crippen molar-refractivity contribution >= 4 is 33.6 Å². The highest BCUT2D eigenvalue weighted by Gasteiger charge is 2.47. The second-order valence-corrected chi connectivity index (χ2v) is 10.1. The minimum atomic E-state index is -3.65. The van der Waals surface area contributed by atoms with Crippen LogP contribution in [0.3, 0.4) is 0 Å². The molecule has 1 aromatic carbocycles. The number of carbonyl (C=O) groups excluding carboxylic acids is 3. The van der Waals surface area contributed by atoms with E-state index in [0.29, 0.717) is 12.3 Å². The number of imide groups is 1. The van der Waals surface area contributed by atoms with Crippen molar-refractivity contribution in [3.05, 3.63) is 24.3 Å². The highest BCUT2D eigenvalue weighted by molar-refractivity contribution is 7.89. The first kappa shape index (κ1) is 22.8. The molecular formula is C19H28N4O5S. The molecule has 9 nitrogen and oxygen atoms in total. The normalized spacial score (nSPS) is 19.8. The van der Waals surface area contributed by atoms with E-state index in [-0.39, 0.29) is 10.6 Å². The van der Waals surface area contributed by atoms with Crippen molar-refractivity contribution in [1.29, 1.82) is 0 Å². The number of amides is 4. The smallest absolute Gasteiger partial charge is 0.324 e. The summed E-state index contributed by atoms with van der Waals surface area (Å²) in [4.78, 5) is 38.2. The van der Waals surface area contributed by atoms with Gasteiger partial charge in [-0.3, -0.25) is 14.5 Å². The molecule has 1 fully saturated rings. The van der Waals surface area contributed by atoms with E-state index in [1.54, 1.807) is 6.92 Å². The summed E-state index contributed by atoms with van der Waals surface area (Å²) >= 11 is 0. The zero-order chi connectivity index (χ0) is 22.0. The van der Waals surface area contributed by atoms with E-state index < -0.39 is 40.0 Å². The summed E-state index contributed by atoms with van der Waals surface area (Å²) in [5, 5.41) is 5.21. The van der Waals surface area contributed by atoms with Gasteiger partial charge in [0.15, 0.2) is 0 Å². The number of nitrogens with one attached hydrogen (secondary N) is 2. The second kappa shape index (κ2) is 8.50. The molecule has 0 radical (unpaired) electrons. The van der Waals surface area contributed by atoms with Gasteiger partial charge in [-0.05, 0) is 43.9 Å². The summed E-state index contributed by atoms with van der Waals surface area (Å²) in [7, 11) is -0.828. The number of urea groups is 1. The zero-order valence-corrected chi connectivity index (χ0v) is 18.2. The molecule has 1 aromatic rings. The lowest BCUT2D eigenvalue weighted by atomic mass is 9.92. The summed E-state index contributed by atoms with van der Waals surface area (Å²) in [5.74, 6) is -0.664. The number of benzene rings is 1. The van der Waals surface area contributed by atoms with Crippen LogP contribution in [0.1, 0.15) is 33.6 Å².